The van der Waals surface area contributed by atoms with Gasteiger partial charge in [-0.3, -0.25) is 0 Å². The Labute approximate surface area is 104 Å². The predicted octanol–water partition coefficient (Wildman–Crippen LogP) is 3.99. The molecule has 0 bridgehead atoms. The van der Waals surface area contributed by atoms with Gasteiger partial charge in [-0.1, -0.05) is 15.9 Å². The van der Waals surface area contributed by atoms with Crippen molar-refractivity contribution < 1.29 is 17.9 Å². The lowest BCUT2D eigenvalue weighted by atomic mass is 10.1. The number of ether oxygens (including phenoxy) is 1. The standard InChI is InChI=1S/C10H8BrF3N2O/c11-9(10(12,13)14)16-15-7-1-2-8-6(5-7)3-4-17-8/h1-2,5,9H,3-4H2. The second-order valence-corrected chi connectivity index (χ2v) is 4.35. The van der Waals surface area contributed by atoms with Gasteiger partial charge in [-0.15, -0.1) is 0 Å². The number of benzene rings is 1. The van der Waals surface area contributed by atoms with Crippen LogP contribution in [0.2, 0.25) is 0 Å². The Morgan fingerprint density at radius 3 is 2.82 bits per heavy atom. The lowest BCUT2D eigenvalue weighted by Gasteiger charge is -2.07. The molecule has 1 aromatic rings. The van der Waals surface area contributed by atoms with Crippen molar-refractivity contribution in [1.82, 2.24) is 0 Å². The van der Waals surface area contributed by atoms with Crippen molar-refractivity contribution in [3.8, 4) is 5.75 Å². The lowest BCUT2D eigenvalue weighted by Crippen LogP contribution is -2.19. The van der Waals surface area contributed by atoms with Crippen LogP contribution in [0.5, 0.6) is 5.75 Å². The smallest absolute Gasteiger partial charge is 0.422 e. The molecule has 0 spiro atoms. The highest BCUT2D eigenvalue weighted by atomic mass is 79.9. The van der Waals surface area contributed by atoms with Crippen molar-refractivity contribution in [1.29, 1.82) is 0 Å². The Hall–Kier alpha value is -1.11. The molecular weight excluding hydrogens is 301 g/mol. The maximum atomic E-state index is 12.2. The fraction of sp³-hybridized carbons (Fsp3) is 0.400. The van der Waals surface area contributed by atoms with Crippen molar-refractivity contribution >= 4 is 21.6 Å². The van der Waals surface area contributed by atoms with Gasteiger partial charge < -0.3 is 4.74 Å². The van der Waals surface area contributed by atoms with Gasteiger partial charge in [-0.05, 0) is 23.8 Å². The second kappa shape index (κ2) is 4.64. The quantitative estimate of drug-likeness (QED) is 0.462. The highest BCUT2D eigenvalue weighted by molar-refractivity contribution is 9.09. The van der Waals surface area contributed by atoms with Crippen LogP contribution < -0.4 is 4.74 Å². The van der Waals surface area contributed by atoms with E-state index in [0.717, 1.165) is 17.7 Å². The average Bonchev–Trinajstić information content (AvgIpc) is 2.71. The van der Waals surface area contributed by atoms with Crippen LogP contribution >= 0.6 is 15.9 Å². The molecule has 17 heavy (non-hydrogen) atoms. The highest BCUT2D eigenvalue weighted by Gasteiger charge is 2.38. The number of halogens is 4. The summed E-state index contributed by atoms with van der Waals surface area (Å²) in [6.07, 6.45) is -3.68. The molecule has 1 unspecified atom stereocenters. The van der Waals surface area contributed by atoms with Crippen molar-refractivity contribution in [3.05, 3.63) is 23.8 Å². The summed E-state index contributed by atoms with van der Waals surface area (Å²) in [5.74, 6) is 0.759. The molecule has 0 amide bonds. The molecule has 1 aliphatic rings. The third-order valence-corrected chi connectivity index (χ3v) is 2.92. The van der Waals surface area contributed by atoms with Crippen LogP contribution in [0.25, 0.3) is 0 Å². The summed E-state index contributed by atoms with van der Waals surface area (Å²) in [7, 11) is 0. The van der Waals surface area contributed by atoms with E-state index in [1.807, 2.05) is 0 Å². The van der Waals surface area contributed by atoms with E-state index in [9.17, 15) is 13.2 Å². The third-order valence-electron chi connectivity index (χ3n) is 2.22. The average molecular weight is 309 g/mol. The molecular formula is C10H8BrF3N2O. The minimum absolute atomic E-state index is 0.392. The molecule has 92 valence electrons. The first kappa shape index (κ1) is 12.3. The van der Waals surface area contributed by atoms with Crippen molar-refractivity contribution in [2.24, 2.45) is 10.2 Å². The van der Waals surface area contributed by atoms with Gasteiger partial charge in [0, 0.05) is 6.42 Å². The van der Waals surface area contributed by atoms with E-state index in [-0.39, 0.29) is 0 Å². The first-order valence-corrected chi connectivity index (χ1v) is 5.76. The van der Waals surface area contributed by atoms with Gasteiger partial charge in [-0.25, -0.2) is 0 Å². The summed E-state index contributed by atoms with van der Waals surface area (Å²) in [6, 6.07) is 4.94. The number of rotatable bonds is 2. The van der Waals surface area contributed by atoms with Crippen LogP contribution in [0.1, 0.15) is 5.56 Å². The molecule has 1 aromatic carbocycles. The molecule has 0 saturated carbocycles. The van der Waals surface area contributed by atoms with Crippen LogP contribution in [0.4, 0.5) is 18.9 Å². The molecule has 7 heteroatoms. The van der Waals surface area contributed by atoms with E-state index >= 15 is 0 Å². The van der Waals surface area contributed by atoms with Crippen molar-refractivity contribution in [2.75, 3.05) is 6.61 Å². The number of hydrogen-bond acceptors (Lipinski definition) is 3. The molecule has 1 aliphatic heterocycles. The largest absolute Gasteiger partial charge is 0.493 e. The molecule has 0 aromatic heterocycles. The van der Waals surface area contributed by atoms with E-state index in [4.69, 9.17) is 4.74 Å². The number of azo groups is 1. The summed E-state index contributed by atoms with van der Waals surface area (Å²) < 4.78 is 41.7. The Balaban J connectivity index is 2.12. The number of nitrogens with zero attached hydrogens (tertiary/aromatic N) is 2. The zero-order valence-corrected chi connectivity index (χ0v) is 10.1. The first-order chi connectivity index (χ1) is 7.97. The molecule has 0 saturated heterocycles. The van der Waals surface area contributed by atoms with Gasteiger partial charge in [0.25, 0.3) is 0 Å². The monoisotopic (exact) mass is 308 g/mol. The van der Waals surface area contributed by atoms with E-state index in [1.165, 1.54) is 0 Å². The molecule has 1 heterocycles. The second-order valence-electron chi connectivity index (χ2n) is 3.48. The molecule has 0 N–H and O–H groups in total. The highest BCUT2D eigenvalue weighted by Crippen LogP contribution is 2.31. The van der Waals surface area contributed by atoms with Gasteiger partial charge in [0.2, 0.25) is 4.95 Å². The predicted molar refractivity (Wildman–Crippen MR) is 58.9 cm³/mol. The Bertz CT molecular complexity index is 448. The number of hydrogen-bond donors (Lipinski definition) is 0. The number of fused-ring (bicyclic) bond motifs is 1. The van der Waals surface area contributed by atoms with Crippen LogP contribution in [0.15, 0.2) is 28.4 Å². The maximum Gasteiger partial charge on any atom is 0.422 e. The third kappa shape index (κ3) is 2.96. The fourth-order valence-corrected chi connectivity index (χ4v) is 1.51. The fourth-order valence-electron chi connectivity index (χ4n) is 1.42. The summed E-state index contributed by atoms with van der Waals surface area (Å²) in [5, 5.41) is 6.72. The van der Waals surface area contributed by atoms with E-state index in [1.54, 1.807) is 18.2 Å². The first-order valence-electron chi connectivity index (χ1n) is 4.84. The molecule has 0 fully saturated rings. The van der Waals surface area contributed by atoms with E-state index < -0.39 is 11.1 Å². The topological polar surface area (TPSA) is 34.0 Å². The van der Waals surface area contributed by atoms with Crippen molar-refractivity contribution in [2.45, 2.75) is 17.5 Å². The van der Waals surface area contributed by atoms with E-state index in [0.29, 0.717) is 12.3 Å². The summed E-state index contributed by atoms with van der Waals surface area (Å²) in [6.45, 7) is 0.597. The van der Waals surface area contributed by atoms with Crippen molar-refractivity contribution in [3.63, 3.8) is 0 Å². The zero-order chi connectivity index (χ0) is 12.5. The molecule has 2 rings (SSSR count). The van der Waals surface area contributed by atoms with Crippen LogP contribution in [-0.4, -0.2) is 17.7 Å². The zero-order valence-electron chi connectivity index (χ0n) is 8.54. The number of alkyl halides is 4. The minimum Gasteiger partial charge on any atom is -0.493 e. The maximum absolute atomic E-state index is 12.2. The van der Waals surface area contributed by atoms with Gasteiger partial charge in [0.05, 0.1) is 12.3 Å². The van der Waals surface area contributed by atoms with Gasteiger partial charge in [0.15, 0.2) is 0 Å². The minimum atomic E-state index is -4.43. The molecule has 0 radical (unpaired) electrons. The summed E-state index contributed by atoms with van der Waals surface area (Å²) in [4.78, 5) is -1.97. The summed E-state index contributed by atoms with van der Waals surface area (Å²) >= 11 is 2.41. The SMILES string of the molecule is FC(F)(F)C(Br)N=Nc1ccc2c(c1)CCO2. The van der Waals surface area contributed by atoms with Crippen LogP contribution in [0, 0.1) is 0 Å². The Kier molecular flexibility index (Phi) is 3.37. The normalized spacial score (nSPS) is 16.9. The Morgan fingerprint density at radius 1 is 1.35 bits per heavy atom. The van der Waals surface area contributed by atoms with Crippen LogP contribution in [-0.2, 0) is 6.42 Å². The summed E-state index contributed by atoms with van der Waals surface area (Å²) in [5.41, 5.74) is 1.34. The van der Waals surface area contributed by atoms with Gasteiger partial charge in [-0.2, -0.15) is 23.4 Å². The Morgan fingerprint density at radius 2 is 2.12 bits per heavy atom. The molecule has 0 aliphatic carbocycles. The molecule has 1 atom stereocenters. The molecule has 3 nitrogen and oxygen atoms in total. The van der Waals surface area contributed by atoms with Gasteiger partial charge >= 0.3 is 6.18 Å². The van der Waals surface area contributed by atoms with Crippen LogP contribution in [0.3, 0.4) is 0 Å². The van der Waals surface area contributed by atoms with E-state index in [2.05, 4.69) is 26.2 Å². The van der Waals surface area contributed by atoms with Gasteiger partial charge in [0.1, 0.15) is 5.75 Å². The lowest BCUT2D eigenvalue weighted by molar-refractivity contribution is -0.126.